The van der Waals surface area contributed by atoms with Gasteiger partial charge in [-0.15, -0.1) is 0 Å². The van der Waals surface area contributed by atoms with Crippen LogP contribution in [0.5, 0.6) is 0 Å². The van der Waals surface area contributed by atoms with Crippen LogP contribution in [0.4, 0.5) is 4.79 Å². The summed E-state index contributed by atoms with van der Waals surface area (Å²) in [6.07, 6.45) is 3.74. The molecule has 10 nitrogen and oxygen atoms in total. The van der Waals surface area contributed by atoms with E-state index in [2.05, 4.69) is 47.8 Å². The molecule has 3 amide bonds. The van der Waals surface area contributed by atoms with Gasteiger partial charge in [0.25, 0.3) is 5.91 Å². The molecule has 0 spiro atoms. The highest BCUT2D eigenvalue weighted by Crippen LogP contribution is 2.49. The summed E-state index contributed by atoms with van der Waals surface area (Å²) in [4.78, 5) is 31.0. The molecule has 0 radical (unpaired) electrons. The SMILES string of the molecule is C=C(c1ccc2c(c1)CCc1cc(C(=O)N(C)C)ccc1C2(C[C@H](C)NCC(=C)N1C(C#N)C[C@@H]2C[C@@H]21)C(=N)NC(N)=O)N(C)C. The Bertz CT molecular complexity index is 1570. The lowest BCUT2D eigenvalue weighted by atomic mass is 9.67. The van der Waals surface area contributed by atoms with Crippen LogP contribution in [0.25, 0.3) is 5.70 Å². The van der Waals surface area contributed by atoms with Gasteiger partial charge in [-0.3, -0.25) is 15.5 Å². The summed E-state index contributed by atoms with van der Waals surface area (Å²) in [5.41, 5.74) is 11.6. The number of rotatable bonds is 10. The Kier molecular flexibility index (Phi) is 9.00. The molecule has 242 valence electrons. The number of primary amides is 1. The van der Waals surface area contributed by atoms with E-state index in [1.54, 1.807) is 19.0 Å². The summed E-state index contributed by atoms with van der Waals surface area (Å²) in [6.45, 7) is 11.2. The number of piperidine rings is 1. The van der Waals surface area contributed by atoms with Gasteiger partial charge < -0.3 is 25.8 Å². The Morgan fingerprint density at radius 3 is 2.24 bits per heavy atom. The number of urea groups is 1. The van der Waals surface area contributed by atoms with Gasteiger partial charge in [-0.2, -0.15) is 5.26 Å². The first kappa shape index (κ1) is 32.8. The van der Waals surface area contributed by atoms with Crippen molar-refractivity contribution >= 4 is 23.5 Å². The molecule has 5 atom stereocenters. The highest BCUT2D eigenvalue weighted by atomic mass is 16.2. The van der Waals surface area contributed by atoms with Crippen LogP contribution in [-0.2, 0) is 18.3 Å². The predicted molar refractivity (Wildman–Crippen MR) is 181 cm³/mol. The Morgan fingerprint density at radius 2 is 1.67 bits per heavy atom. The molecule has 5 rings (SSSR count). The Morgan fingerprint density at radius 1 is 1.07 bits per heavy atom. The first-order valence-electron chi connectivity index (χ1n) is 15.9. The number of likely N-dealkylation sites (tertiary alicyclic amines) is 1. The zero-order valence-electron chi connectivity index (χ0n) is 27.6. The molecule has 10 heteroatoms. The molecule has 5 N–H and O–H groups in total. The minimum Gasteiger partial charge on any atom is -0.378 e. The van der Waals surface area contributed by atoms with E-state index in [1.165, 1.54) is 0 Å². The zero-order valence-corrected chi connectivity index (χ0v) is 27.6. The zero-order chi connectivity index (χ0) is 33.5. The van der Waals surface area contributed by atoms with Gasteiger partial charge >= 0.3 is 6.03 Å². The Hall–Kier alpha value is -4.62. The van der Waals surface area contributed by atoms with Crippen molar-refractivity contribution in [2.24, 2.45) is 11.7 Å². The number of nitrogens with two attached hydrogens (primary N) is 1. The number of hydrogen-bond donors (Lipinski definition) is 4. The third kappa shape index (κ3) is 5.99. The Balaban J connectivity index is 1.59. The smallest absolute Gasteiger partial charge is 0.317 e. The maximum atomic E-state index is 13.0. The number of hydrogen-bond acceptors (Lipinski definition) is 7. The number of fused-ring (bicyclic) bond motifs is 3. The maximum Gasteiger partial charge on any atom is 0.317 e. The van der Waals surface area contributed by atoms with Crippen LogP contribution >= 0.6 is 0 Å². The monoisotopic (exact) mass is 622 g/mol. The molecule has 3 aliphatic rings. The van der Waals surface area contributed by atoms with Crippen molar-refractivity contribution in [3.63, 3.8) is 0 Å². The summed E-state index contributed by atoms with van der Waals surface area (Å²) in [6, 6.07) is 13.6. The first-order chi connectivity index (χ1) is 21.8. The van der Waals surface area contributed by atoms with Crippen molar-refractivity contribution in [3.05, 3.63) is 88.6 Å². The fourth-order valence-corrected chi connectivity index (χ4v) is 7.44. The lowest BCUT2D eigenvalue weighted by molar-refractivity contribution is 0.0827. The van der Waals surface area contributed by atoms with Crippen molar-refractivity contribution in [2.45, 2.75) is 62.6 Å². The number of amidine groups is 1. The van der Waals surface area contributed by atoms with Gasteiger partial charge in [-0.1, -0.05) is 31.4 Å². The highest BCUT2D eigenvalue weighted by molar-refractivity contribution is 6.04. The molecule has 2 unspecified atom stereocenters. The molecule has 46 heavy (non-hydrogen) atoms. The van der Waals surface area contributed by atoms with E-state index < -0.39 is 11.4 Å². The van der Waals surface area contributed by atoms with Crippen LogP contribution < -0.4 is 16.4 Å². The van der Waals surface area contributed by atoms with Crippen LogP contribution in [0.3, 0.4) is 0 Å². The topological polar surface area (TPSA) is 142 Å². The van der Waals surface area contributed by atoms with E-state index >= 15 is 0 Å². The van der Waals surface area contributed by atoms with Crippen molar-refractivity contribution < 1.29 is 9.59 Å². The van der Waals surface area contributed by atoms with Crippen LogP contribution in [0, 0.1) is 22.7 Å². The van der Waals surface area contributed by atoms with Gasteiger partial charge in [-0.25, -0.2) is 4.79 Å². The second-order valence-corrected chi connectivity index (χ2v) is 13.5. The minimum atomic E-state index is -1.09. The number of carbonyl (C=O) groups excluding carboxylic acids is 2. The third-order valence-electron chi connectivity index (χ3n) is 9.88. The molecule has 1 saturated carbocycles. The van der Waals surface area contributed by atoms with E-state index in [9.17, 15) is 20.3 Å². The van der Waals surface area contributed by atoms with Crippen LogP contribution in [0.2, 0.25) is 0 Å². The van der Waals surface area contributed by atoms with E-state index in [4.69, 9.17) is 5.73 Å². The molecular formula is C36H46N8O2. The Labute approximate surface area is 272 Å². The summed E-state index contributed by atoms with van der Waals surface area (Å²) >= 11 is 0. The number of nitriles is 1. The van der Waals surface area contributed by atoms with E-state index in [1.807, 2.05) is 49.3 Å². The van der Waals surface area contributed by atoms with Crippen molar-refractivity contribution in [1.82, 2.24) is 25.3 Å². The van der Waals surface area contributed by atoms with Gasteiger partial charge in [-0.05, 0) is 91.0 Å². The summed E-state index contributed by atoms with van der Waals surface area (Å²) in [5.74, 6) is 0.459. The fourth-order valence-electron chi connectivity index (χ4n) is 7.44. The quantitative estimate of drug-likeness (QED) is 0.235. The van der Waals surface area contributed by atoms with E-state index in [0.29, 0.717) is 43.3 Å². The molecular weight excluding hydrogens is 576 g/mol. The largest absolute Gasteiger partial charge is 0.378 e. The number of nitrogens with one attached hydrogen (secondary N) is 3. The number of nitrogens with zero attached hydrogens (tertiary/aromatic N) is 4. The third-order valence-corrected chi connectivity index (χ3v) is 9.88. The lowest BCUT2D eigenvalue weighted by Crippen LogP contribution is -2.52. The van der Waals surface area contributed by atoms with E-state index in [0.717, 1.165) is 52.1 Å². The molecule has 1 saturated heterocycles. The minimum absolute atomic E-state index is 0.0207. The molecule has 2 fully saturated rings. The van der Waals surface area contributed by atoms with Gasteiger partial charge in [0.1, 0.15) is 11.9 Å². The van der Waals surface area contributed by atoms with Crippen LogP contribution in [-0.4, -0.2) is 85.3 Å². The van der Waals surface area contributed by atoms with E-state index in [-0.39, 0.29) is 23.8 Å². The molecule has 2 aliphatic carbocycles. The van der Waals surface area contributed by atoms with Crippen molar-refractivity contribution in [1.29, 1.82) is 10.7 Å². The number of benzene rings is 2. The first-order valence-corrected chi connectivity index (χ1v) is 15.9. The lowest BCUT2D eigenvalue weighted by Gasteiger charge is -2.39. The van der Waals surface area contributed by atoms with Gasteiger partial charge in [0.05, 0.1) is 11.5 Å². The van der Waals surface area contributed by atoms with Gasteiger partial charge in [0.15, 0.2) is 0 Å². The second-order valence-electron chi connectivity index (χ2n) is 13.5. The van der Waals surface area contributed by atoms with Crippen LogP contribution in [0.1, 0.15) is 64.4 Å². The molecule has 2 aromatic carbocycles. The van der Waals surface area contributed by atoms with Crippen LogP contribution in [0.15, 0.2) is 55.3 Å². The standard InChI is InChI=1S/C36H46N8O2/c1-21(40-20-22(2)44-29(19-37)16-28-17-32(28)44)18-36(34(38)41-35(39)46)30-12-10-24(23(3)42(4)5)14-25(30)8-9-26-15-27(11-13-31(26)36)33(45)43(6)7/h10-15,21,28-29,32,40H,2-3,8-9,16-18,20H2,1,4-7H3,(H4,38,39,41,46)/t21-,28+,29?,32-,36?/m0/s1. The summed E-state index contributed by atoms with van der Waals surface area (Å²) in [5, 5.41) is 25.4. The van der Waals surface area contributed by atoms with Gasteiger partial charge in [0.2, 0.25) is 0 Å². The highest BCUT2D eigenvalue weighted by Gasteiger charge is 2.52. The maximum absolute atomic E-state index is 13.0. The average molecular weight is 623 g/mol. The van der Waals surface area contributed by atoms with Gasteiger partial charge in [0, 0.05) is 63.8 Å². The second kappa shape index (κ2) is 12.6. The predicted octanol–water partition coefficient (Wildman–Crippen LogP) is 3.82. The normalized spacial score (nSPS) is 23.0. The number of amides is 3. The molecule has 0 aromatic heterocycles. The molecule has 1 heterocycles. The number of carbonyl (C=O) groups is 2. The average Bonchev–Trinajstić information content (AvgIpc) is 3.71. The number of aryl methyl sites for hydroxylation is 2. The summed E-state index contributed by atoms with van der Waals surface area (Å²) < 4.78 is 0. The summed E-state index contributed by atoms with van der Waals surface area (Å²) in [7, 11) is 7.36. The van der Waals surface area contributed by atoms with Crippen molar-refractivity contribution in [3.8, 4) is 6.07 Å². The fraction of sp³-hybridized carbons (Fsp3) is 0.444. The molecule has 0 bridgehead atoms. The van der Waals surface area contributed by atoms with Crippen molar-refractivity contribution in [2.75, 3.05) is 34.7 Å². The molecule has 2 aromatic rings. The molecule has 1 aliphatic heterocycles.